The average molecular weight is 485 g/mol. The summed E-state index contributed by atoms with van der Waals surface area (Å²) in [5.41, 5.74) is 0.392. The summed E-state index contributed by atoms with van der Waals surface area (Å²) in [6.07, 6.45) is 0.805. The van der Waals surface area contributed by atoms with E-state index >= 15 is 0 Å². The molecule has 1 N–H and O–H groups in total. The van der Waals surface area contributed by atoms with Gasteiger partial charge in [0.2, 0.25) is 15.9 Å². The van der Waals surface area contributed by atoms with E-state index in [1.807, 2.05) is 0 Å². The third-order valence-corrected chi connectivity index (χ3v) is 7.23. The molecule has 1 saturated heterocycles. The summed E-state index contributed by atoms with van der Waals surface area (Å²) in [4.78, 5) is 12.7. The Morgan fingerprint density at radius 1 is 1.16 bits per heavy atom. The van der Waals surface area contributed by atoms with Crippen molar-refractivity contribution in [3.05, 3.63) is 58.3 Å². The van der Waals surface area contributed by atoms with Crippen LogP contribution in [0.25, 0.3) is 11.5 Å². The molecule has 1 aliphatic heterocycles. The van der Waals surface area contributed by atoms with Crippen LogP contribution in [0.15, 0.2) is 51.8 Å². The number of rotatable bonds is 5. The van der Waals surface area contributed by atoms with Crippen molar-refractivity contribution in [2.75, 3.05) is 11.9 Å². The number of hydrogen-bond acceptors (Lipinski definition) is 6. The van der Waals surface area contributed by atoms with Gasteiger partial charge in [-0.2, -0.15) is 4.31 Å². The summed E-state index contributed by atoms with van der Waals surface area (Å²) < 4.78 is 45.5. The van der Waals surface area contributed by atoms with E-state index in [0.29, 0.717) is 28.5 Å². The number of sulfonamides is 1. The average Bonchev–Trinajstić information content (AvgIpc) is 3.40. The van der Waals surface area contributed by atoms with Crippen LogP contribution in [0.3, 0.4) is 0 Å². The lowest BCUT2D eigenvalue weighted by Crippen LogP contribution is -2.43. The Hall–Kier alpha value is -2.53. The topological polar surface area (TPSA) is 105 Å². The van der Waals surface area contributed by atoms with Gasteiger partial charge in [0.1, 0.15) is 11.9 Å². The second-order valence-electron chi connectivity index (χ2n) is 6.75. The molecule has 1 aromatic heterocycles. The molecular weight excluding hydrogens is 470 g/mol. The summed E-state index contributed by atoms with van der Waals surface area (Å²) in [7, 11) is -3.98. The smallest absolute Gasteiger partial charge is 0.322 e. The second-order valence-corrected chi connectivity index (χ2v) is 9.49. The zero-order valence-electron chi connectivity index (χ0n) is 15.8. The van der Waals surface area contributed by atoms with Gasteiger partial charge in [0, 0.05) is 11.6 Å². The molecule has 0 unspecified atom stereocenters. The van der Waals surface area contributed by atoms with Crippen LogP contribution >= 0.6 is 23.2 Å². The van der Waals surface area contributed by atoms with Crippen LogP contribution in [-0.4, -0.2) is 41.4 Å². The van der Waals surface area contributed by atoms with Crippen molar-refractivity contribution in [2.24, 2.45) is 0 Å². The van der Waals surface area contributed by atoms with Gasteiger partial charge in [-0.15, -0.1) is 5.10 Å². The van der Waals surface area contributed by atoms with Crippen molar-refractivity contribution >= 4 is 45.1 Å². The SMILES string of the molecule is O=C(Nc1nnc(-c2cc(Cl)ccc2Cl)o1)[C@@H]1CCCN1S(=O)(=O)c1ccc(F)cc1. The quantitative estimate of drug-likeness (QED) is 0.587. The van der Waals surface area contributed by atoms with E-state index in [9.17, 15) is 17.6 Å². The van der Waals surface area contributed by atoms with Gasteiger partial charge in [-0.05, 0) is 55.3 Å². The lowest BCUT2D eigenvalue weighted by atomic mass is 10.2. The molecule has 1 amide bonds. The third-order valence-electron chi connectivity index (χ3n) is 4.74. The van der Waals surface area contributed by atoms with Crippen LogP contribution in [0.5, 0.6) is 0 Å². The predicted molar refractivity (Wildman–Crippen MR) is 112 cm³/mol. The predicted octanol–water partition coefficient (Wildman–Crippen LogP) is 3.97. The molecule has 162 valence electrons. The molecule has 2 aromatic carbocycles. The molecule has 2 heterocycles. The second kappa shape index (κ2) is 8.54. The molecule has 1 aliphatic rings. The molecule has 0 radical (unpaired) electrons. The van der Waals surface area contributed by atoms with E-state index in [0.717, 1.165) is 28.6 Å². The number of aromatic nitrogens is 2. The summed E-state index contributed by atoms with van der Waals surface area (Å²) >= 11 is 12.1. The summed E-state index contributed by atoms with van der Waals surface area (Å²) in [5, 5.41) is 10.8. The minimum atomic E-state index is -3.98. The van der Waals surface area contributed by atoms with Crippen LogP contribution in [0, 0.1) is 5.82 Å². The van der Waals surface area contributed by atoms with Gasteiger partial charge < -0.3 is 4.42 Å². The number of carbonyl (C=O) groups is 1. The highest BCUT2D eigenvalue weighted by Crippen LogP contribution is 2.31. The van der Waals surface area contributed by atoms with Gasteiger partial charge in [0.25, 0.3) is 5.89 Å². The fraction of sp³-hybridized carbons (Fsp3) is 0.211. The molecule has 1 atom stereocenters. The number of carbonyl (C=O) groups excluding carboxylic acids is 1. The Bertz CT molecular complexity index is 1230. The standard InChI is InChI=1S/C19H15Cl2FN4O4S/c20-11-3-8-15(21)14(10-11)18-24-25-19(30-18)23-17(27)16-2-1-9-26(16)31(28,29)13-6-4-12(22)5-7-13/h3-8,10,16H,1-2,9H2,(H,23,25,27)/t16-/m0/s1. The first-order chi connectivity index (χ1) is 14.8. The monoisotopic (exact) mass is 484 g/mol. The molecule has 3 aromatic rings. The fourth-order valence-electron chi connectivity index (χ4n) is 3.26. The van der Waals surface area contributed by atoms with Gasteiger partial charge in [-0.25, -0.2) is 12.8 Å². The first-order valence-electron chi connectivity index (χ1n) is 9.13. The summed E-state index contributed by atoms with van der Waals surface area (Å²) in [6.45, 7) is 0.158. The Labute approximate surface area is 187 Å². The van der Waals surface area contributed by atoms with Crippen molar-refractivity contribution in [3.63, 3.8) is 0 Å². The van der Waals surface area contributed by atoms with Gasteiger partial charge in [-0.1, -0.05) is 28.3 Å². The highest BCUT2D eigenvalue weighted by molar-refractivity contribution is 7.89. The van der Waals surface area contributed by atoms with E-state index in [-0.39, 0.29) is 23.3 Å². The zero-order chi connectivity index (χ0) is 22.2. The van der Waals surface area contributed by atoms with E-state index < -0.39 is 27.8 Å². The molecule has 0 spiro atoms. The Balaban J connectivity index is 1.53. The lowest BCUT2D eigenvalue weighted by molar-refractivity contribution is -0.119. The van der Waals surface area contributed by atoms with Gasteiger partial charge in [-0.3, -0.25) is 10.1 Å². The van der Waals surface area contributed by atoms with Crippen molar-refractivity contribution < 1.29 is 22.0 Å². The minimum absolute atomic E-state index is 0.0463. The lowest BCUT2D eigenvalue weighted by Gasteiger charge is -2.22. The van der Waals surface area contributed by atoms with E-state index in [4.69, 9.17) is 27.6 Å². The fourth-order valence-corrected chi connectivity index (χ4v) is 5.29. The van der Waals surface area contributed by atoms with Crippen LogP contribution in [0.4, 0.5) is 10.4 Å². The van der Waals surface area contributed by atoms with Crippen molar-refractivity contribution in [1.82, 2.24) is 14.5 Å². The maximum atomic E-state index is 13.2. The normalized spacial score (nSPS) is 17.1. The summed E-state index contributed by atoms with van der Waals surface area (Å²) in [5.74, 6) is -1.12. The molecule has 0 aliphatic carbocycles. The van der Waals surface area contributed by atoms with Gasteiger partial charge in [0.15, 0.2) is 0 Å². The largest absolute Gasteiger partial charge is 0.403 e. The summed E-state index contributed by atoms with van der Waals surface area (Å²) in [6, 6.07) is 7.96. The molecule has 1 fully saturated rings. The van der Waals surface area contributed by atoms with Gasteiger partial charge >= 0.3 is 6.01 Å². The maximum Gasteiger partial charge on any atom is 0.322 e. The highest BCUT2D eigenvalue weighted by Gasteiger charge is 2.40. The molecule has 4 rings (SSSR count). The molecule has 0 saturated carbocycles. The van der Waals surface area contributed by atoms with Crippen molar-refractivity contribution in [1.29, 1.82) is 0 Å². The first-order valence-corrected chi connectivity index (χ1v) is 11.3. The first kappa shape index (κ1) is 21.7. The van der Waals surface area contributed by atoms with Crippen molar-refractivity contribution in [2.45, 2.75) is 23.8 Å². The number of nitrogens with one attached hydrogen (secondary N) is 1. The molecule has 12 heteroatoms. The highest BCUT2D eigenvalue weighted by atomic mass is 35.5. The maximum absolute atomic E-state index is 13.2. The van der Waals surface area contributed by atoms with E-state index in [1.165, 1.54) is 6.07 Å². The van der Waals surface area contributed by atoms with Crippen LogP contribution in [0.2, 0.25) is 10.0 Å². The van der Waals surface area contributed by atoms with Crippen LogP contribution in [-0.2, 0) is 14.8 Å². The molecule has 0 bridgehead atoms. The van der Waals surface area contributed by atoms with E-state index in [2.05, 4.69) is 15.5 Å². The van der Waals surface area contributed by atoms with Gasteiger partial charge in [0.05, 0.1) is 15.5 Å². The van der Waals surface area contributed by atoms with Crippen LogP contribution < -0.4 is 5.32 Å². The minimum Gasteiger partial charge on any atom is -0.403 e. The van der Waals surface area contributed by atoms with E-state index in [1.54, 1.807) is 12.1 Å². The third kappa shape index (κ3) is 4.42. The Kier molecular flexibility index (Phi) is 5.98. The number of halogens is 3. The molecule has 8 nitrogen and oxygen atoms in total. The zero-order valence-corrected chi connectivity index (χ0v) is 18.1. The Morgan fingerprint density at radius 2 is 1.90 bits per heavy atom. The number of anilines is 1. The van der Waals surface area contributed by atoms with Crippen molar-refractivity contribution in [3.8, 4) is 11.5 Å². The molecular formula is C19H15Cl2FN4O4S. The Morgan fingerprint density at radius 3 is 2.65 bits per heavy atom. The molecule has 31 heavy (non-hydrogen) atoms. The van der Waals surface area contributed by atoms with Crippen LogP contribution in [0.1, 0.15) is 12.8 Å². The number of hydrogen-bond donors (Lipinski definition) is 1. The number of nitrogens with zero attached hydrogens (tertiary/aromatic N) is 3. The number of benzene rings is 2. The number of amides is 1.